The van der Waals surface area contributed by atoms with Gasteiger partial charge in [0.05, 0.1) is 0 Å². The minimum absolute atomic E-state index is 0.536. The van der Waals surface area contributed by atoms with Crippen LogP contribution in [0.5, 0.6) is 0 Å². The molecule has 0 aliphatic carbocycles. The number of aromatic nitrogens is 3. The molecule has 0 saturated carbocycles. The molecule has 19 heavy (non-hydrogen) atoms. The first kappa shape index (κ1) is 12.2. The normalized spacial score (nSPS) is 18.1. The van der Waals surface area contributed by atoms with Crippen LogP contribution in [0.1, 0.15) is 24.6 Å². The highest BCUT2D eigenvalue weighted by atomic mass is 35.5. The smallest absolute Gasteiger partial charge is 0.314 e. The lowest BCUT2D eigenvalue weighted by atomic mass is 9.99. The molecule has 1 unspecified atom stereocenters. The van der Waals surface area contributed by atoms with Gasteiger partial charge in [0.25, 0.3) is 0 Å². The summed E-state index contributed by atoms with van der Waals surface area (Å²) in [7, 11) is 0. The lowest BCUT2D eigenvalue weighted by Gasteiger charge is -2.20. The van der Waals surface area contributed by atoms with Crippen molar-refractivity contribution >= 4 is 17.6 Å². The van der Waals surface area contributed by atoms with Gasteiger partial charge in [0.2, 0.25) is 0 Å². The number of carbonyl (C=O) groups is 1. The Labute approximate surface area is 114 Å². The van der Waals surface area contributed by atoms with E-state index in [9.17, 15) is 9.90 Å². The molecule has 1 aliphatic rings. The number of hydrogen-bond donors (Lipinski definition) is 1. The number of benzene rings is 1. The summed E-state index contributed by atoms with van der Waals surface area (Å²) in [5, 5.41) is 18.0. The standard InChI is InChI=1S/C13H12ClN3O2/c14-9-4-1-3-8(7-9)11-15-16-12-10(13(18)19)5-2-6-17(11)12/h1,3-4,7,10H,2,5-6H2,(H,18,19). The van der Waals surface area contributed by atoms with Gasteiger partial charge in [-0.3, -0.25) is 4.79 Å². The number of aliphatic carboxylic acids is 1. The molecule has 1 N–H and O–H groups in total. The van der Waals surface area contributed by atoms with E-state index in [1.165, 1.54) is 0 Å². The number of nitrogens with zero attached hydrogens (tertiary/aromatic N) is 3. The van der Waals surface area contributed by atoms with Crippen LogP contribution in [0.2, 0.25) is 5.02 Å². The Morgan fingerprint density at radius 3 is 3.00 bits per heavy atom. The first-order chi connectivity index (χ1) is 9.16. The largest absolute Gasteiger partial charge is 0.481 e. The third kappa shape index (κ3) is 2.10. The third-order valence-corrected chi connectivity index (χ3v) is 3.58. The molecule has 0 radical (unpaired) electrons. The fraction of sp³-hybridized carbons (Fsp3) is 0.308. The Balaban J connectivity index is 2.08. The quantitative estimate of drug-likeness (QED) is 0.916. The molecule has 1 aliphatic heterocycles. The van der Waals surface area contributed by atoms with Crippen molar-refractivity contribution in [1.82, 2.24) is 14.8 Å². The van der Waals surface area contributed by atoms with E-state index in [0.29, 0.717) is 23.1 Å². The van der Waals surface area contributed by atoms with Crippen molar-refractivity contribution in [2.45, 2.75) is 25.3 Å². The van der Waals surface area contributed by atoms with Gasteiger partial charge in [-0.1, -0.05) is 23.7 Å². The summed E-state index contributed by atoms with van der Waals surface area (Å²) in [6.45, 7) is 0.744. The van der Waals surface area contributed by atoms with Crippen LogP contribution in [0.4, 0.5) is 0 Å². The van der Waals surface area contributed by atoms with Crippen LogP contribution in [-0.2, 0) is 11.3 Å². The maximum atomic E-state index is 11.2. The van der Waals surface area contributed by atoms with Gasteiger partial charge in [-0.05, 0) is 25.0 Å². The summed E-state index contributed by atoms with van der Waals surface area (Å²) >= 11 is 5.97. The van der Waals surface area contributed by atoms with Crippen LogP contribution in [0.15, 0.2) is 24.3 Å². The van der Waals surface area contributed by atoms with Crippen LogP contribution in [0.25, 0.3) is 11.4 Å². The van der Waals surface area contributed by atoms with E-state index in [1.807, 2.05) is 22.8 Å². The Hall–Kier alpha value is -1.88. The van der Waals surface area contributed by atoms with Gasteiger partial charge in [0.1, 0.15) is 11.7 Å². The van der Waals surface area contributed by atoms with Crippen molar-refractivity contribution in [3.63, 3.8) is 0 Å². The molecule has 2 heterocycles. The van der Waals surface area contributed by atoms with E-state index in [-0.39, 0.29) is 0 Å². The predicted octanol–water partition coefficient (Wildman–Crippen LogP) is 2.56. The van der Waals surface area contributed by atoms with Gasteiger partial charge < -0.3 is 9.67 Å². The molecule has 1 aromatic heterocycles. The predicted molar refractivity (Wildman–Crippen MR) is 70.1 cm³/mol. The maximum Gasteiger partial charge on any atom is 0.314 e. The van der Waals surface area contributed by atoms with Crippen LogP contribution in [-0.4, -0.2) is 25.8 Å². The Morgan fingerprint density at radius 2 is 2.26 bits per heavy atom. The summed E-state index contributed by atoms with van der Waals surface area (Å²) in [5.41, 5.74) is 0.859. The SMILES string of the molecule is O=C(O)C1CCCn2c(-c3cccc(Cl)c3)nnc21. The molecule has 0 fully saturated rings. The van der Waals surface area contributed by atoms with Crippen LogP contribution in [0, 0.1) is 0 Å². The van der Waals surface area contributed by atoms with Crippen molar-refractivity contribution in [2.75, 3.05) is 0 Å². The zero-order chi connectivity index (χ0) is 13.4. The summed E-state index contributed by atoms with van der Waals surface area (Å²) in [4.78, 5) is 11.2. The van der Waals surface area contributed by atoms with E-state index in [1.54, 1.807) is 6.07 Å². The van der Waals surface area contributed by atoms with Gasteiger partial charge in [-0.25, -0.2) is 0 Å². The number of fused-ring (bicyclic) bond motifs is 1. The summed E-state index contributed by atoms with van der Waals surface area (Å²) in [6, 6.07) is 7.34. The topological polar surface area (TPSA) is 68.0 Å². The monoisotopic (exact) mass is 277 g/mol. The van der Waals surface area contributed by atoms with E-state index >= 15 is 0 Å². The number of rotatable bonds is 2. The van der Waals surface area contributed by atoms with E-state index < -0.39 is 11.9 Å². The maximum absolute atomic E-state index is 11.2. The number of carboxylic acids is 1. The number of halogens is 1. The van der Waals surface area contributed by atoms with E-state index in [0.717, 1.165) is 18.5 Å². The highest BCUT2D eigenvalue weighted by Gasteiger charge is 2.30. The minimum Gasteiger partial charge on any atom is -0.481 e. The van der Waals surface area contributed by atoms with Crippen molar-refractivity contribution in [3.05, 3.63) is 35.1 Å². The Kier molecular flexibility index (Phi) is 2.98. The summed E-state index contributed by atoms with van der Waals surface area (Å²) < 4.78 is 1.88. The molecular formula is C13H12ClN3O2. The van der Waals surface area contributed by atoms with Crippen molar-refractivity contribution in [2.24, 2.45) is 0 Å². The van der Waals surface area contributed by atoms with Gasteiger partial charge in [0, 0.05) is 17.1 Å². The number of hydrogen-bond acceptors (Lipinski definition) is 3. The second-order valence-electron chi connectivity index (χ2n) is 4.58. The fourth-order valence-electron chi connectivity index (χ4n) is 2.45. The molecule has 3 rings (SSSR count). The molecule has 98 valence electrons. The van der Waals surface area contributed by atoms with Crippen LogP contribution < -0.4 is 0 Å². The molecule has 2 aromatic rings. The van der Waals surface area contributed by atoms with Gasteiger partial charge in [-0.15, -0.1) is 10.2 Å². The molecule has 0 bridgehead atoms. The first-order valence-electron chi connectivity index (χ1n) is 6.08. The zero-order valence-electron chi connectivity index (χ0n) is 10.1. The van der Waals surface area contributed by atoms with Gasteiger partial charge in [0.15, 0.2) is 5.82 Å². The zero-order valence-corrected chi connectivity index (χ0v) is 10.8. The second kappa shape index (κ2) is 4.66. The summed E-state index contributed by atoms with van der Waals surface area (Å²) in [5.74, 6) is -0.183. The van der Waals surface area contributed by atoms with Crippen molar-refractivity contribution in [3.8, 4) is 11.4 Å². The van der Waals surface area contributed by atoms with E-state index in [2.05, 4.69) is 10.2 Å². The Morgan fingerprint density at radius 1 is 1.42 bits per heavy atom. The highest BCUT2D eigenvalue weighted by Crippen LogP contribution is 2.30. The molecule has 6 heteroatoms. The van der Waals surface area contributed by atoms with Gasteiger partial charge in [-0.2, -0.15) is 0 Å². The van der Waals surface area contributed by atoms with Crippen LogP contribution >= 0.6 is 11.6 Å². The lowest BCUT2D eigenvalue weighted by molar-refractivity contribution is -0.139. The molecule has 0 saturated heterocycles. The molecule has 0 amide bonds. The van der Waals surface area contributed by atoms with Gasteiger partial charge >= 0.3 is 5.97 Å². The minimum atomic E-state index is -0.842. The molecule has 5 nitrogen and oxygen atoms in total. The van der Waals surface area contributed by atoms with E-state index in [4.69, 9.17) is 11.6 Å². The first-order valence-corrected chi connectivity index (χ1v) is 6.46. The Bertz CT molecular complexity index is 639. The number of carboxylic acid groups (broad SMARTS) is 1. The average Bonchev–Trinajstić information content (AvgIpc) is 2.82. The van der Waals surface area contributed by atoms with Crippen molar-refractivity contribution < 1.29 is 9.90 Å². The second-order valence-corrected chi connectivity index (χ2v) is 5.01. The van der Waals surface area contributed by atoms with Crippen LogP contribution in [0.3, 0.4) is 0 Å². The molecule has 1 atom stereocenters. The van der Waals surface area contributed by atoms with Crippen molar-refractivity contribution in [1.29, 1.82) is 0 Å². The summed E-state index contributed by atoms with van der Waals surface area (Å²) in [6.07, 6.45) is 1.43. The lowest BCUT2D eigenvalue weighted by Crippen LogP contribution is -2.22. The fourth-order valence-corrected chi connectivity index (χ4v) is 2.64. The third-order valence-electron chi connectivity index (χ3n) is 3.35. The molecule has 1 aromatic carbocycles. The molecule has 0 spiro atoms. The molecular weight excluding hydrogens is 266 g/mol. The average molecular weight is 278 g/mol. The highest BCUT2D eigenvalue weighted by molar-refractivity contribution is 6.30.